The van der Waals surface area contributed by atoms with Gasteiger partial charge >= 0.3 is 0 Å². The van der Waals surface area contributed by atoms with Crippen molar-refractivity contribution in [2.45, 2.75) is 31.6 Å². The van der Waals surface area contributed by atoms with Crippen LogP contribution in [-0.4, -0.2) is 30.4 Å². The molecule has 0 radical (unpaired) electrons. The number of carbonyl (C=O) groups excluding carboxylic acids is 1. The smallest absolute Gasteiger partial charge is 0.226 e. The van der Waals surface area contributed by atoms with E-state index in [-0.39, 0.29) is 5.92 Å². The first-order chi connectivity index (χ1) is 9.79. The molecule has 2 aliphatic rings. The zero-order valence-electron chi connectivity index (χ0n) is 12.0. The van der Waals surface area contributed by atoms with E-state index in [2.05, 4.69) is 29.2 Å². The standard InChI is InChI=1S/C17H24N2O/c18-9-8-13-5-4-10-19(12-13)17(20)16-11-15(16)14-6-2-1-3-7-14/h1-3,6-7,13,15-16H,4-5,8-12,18H2. The molecule has 1 aliphatic heterocycles. The second-order valence-corrected chi connectivity index (χ2v) is 6.23. The van der Waals surface area contributed by atoms with Crippen molar-refractivity contribution in [2.24, 2.45) is 17.6 Å². The summed E-state index contributed by atoms with van der Waals surface area (Å²) in [4.78, 5) is 14.7. The van der Waals surface area contributed by atoms with Gasteiger partial charge in [0.2, 0.25) is 5.91 Å². The quantitative estimate of drug-likeness (QED) is 0.914. The summed E-state index contributed by atoms with van der Waals surface area (Å²) in [7, 11) is 0. The summed E-state index contributed by atoms with van der Waals surface area (Å²) in [6, 6.07) is 10.4. The fourth-order valence-electron chi connectivity index (χ4n) is 3.51. The lowest BCUT2D eigenvalue weighted by Crippen LogP contribution is -2.41. The highest BCUT2D eigenvalue weighted by atomic mass is 16.2. The average molecular weight is 272 g/mol. The summed E-state index contributed by atoms with van der Waals surface area (Å²) in [5.74, 6) is 1.68. The zero-order chi connectivity index (χ0) is 13.9. The molecule has 0 bridgehead atoms. The van der Waals surface area contributed by atoms with Crippen LogP contribution < -0.4 is 5.73 Å². The van der Waals surface area contributed by atoms with Gasteiger partial charge < -0.3 is 10.6 Å². The van der Waals surface area contributed by atoms with E-state index in [9.17, 15) is 4.79 Å². The van der Waals surface area contributed by atoms with Crippen LogP contribution in [0.15, 0.2) is 30.3 Å². The lowest BCUT2D eigenvalue weighted by atomic mass is 9.94. The van der Waals surface area contributed by atoms with Crippen LogP contribution in [0.25, 0.3) is 0 Å². The van der Waals surface area contributed by atoms with Crippen molar-refractivity contribution in [2.75, 3.05) is 19.6 Å². The Balaban J connectivity index is 1.58. The van der Waals surface area contributed by atoms with Crippen molar-refractivity contribution in [3.63, 3.8) is 0 Å². The van der Waals surface area contributed by atoms with E-state index in [0.29, 0.717) is 17.7 Å². The molecule has 1 saturated carbocycles. The van der Waals surface area contributed by atoms with E-state index in [1.807, 2.05) is 6.07 Å². The summed E-state index contributed by atoms with van der Waals surface area (Å²) in [6.07, 6.45) is 4.45. The number of hydrogen-bond acceptors (Lipinski definition) is 2. The number of rotatable bonds is 4. The molecule has 1 aromatic rings. The van der Waals surface area contributed by atoms with Gasteiger partial charge in [0, 0.05) is 19.0 Å². The lowest BCUT2D eigenvalue weighted by molar-refractivity contribution is -0.134. The first kappa shape index (κ1) is 13.6. The normalized spacial score (nSPS) is 29.2. The van der Waals surface area contributed by atoms with Gasteiger partial charge in [-0.25, -0.2) is 0 Å². The fourth-order valence-corrected chi connectivity index (χ4v) is 3.51. The van der Waals surface area contributed by atoms with Crippen LogP contribution in [0.2, 0.25) is 0 Å². The van der Waals surface area contributed by atoms with Crippen molar-refractivity contribution in [3.8, 4) is 0 Å². The third-order valence-electron chi connectivity index (χ3n) is 4.74. The van der Waals surface area contributed by atoms with Crippen LogP contribution in [-0.2, 0) is 4.79 Å². The van der Waals surface area contributed by atoms with E-state index >= 15 is 0 Å². The molecule has 20 heavy (non-hydrogen) atoms. The molecule has 0 aromatic heterocycles. The summed E-state index contributed by atoms with van der Waals surface area (Å²) in [5.41, 5.74) is 6.97. The molecular formula is C17H24N2O. The maximum atomic E-state index is 12.6. The molecule has 1 heterocycles. The number of piperidine rings is 1. The number of nitrogens with two attached hydrogens (primary N) is 1. The molecule has 3 unspecified atom stereocenters. The van der Waals surface area contributed by atoms with Crippen LogP contribution in [0, 0.1) is 11.8 Å². The topological polar surface area (TPSA) is 46.3 Å². The van der Waals surface area contributed by atoms with Gasteiger partial charge in [-0.2, -0.15) is 0 Å². The summed E-state index contributed by atoms with van der Waals surface area (Å²) < 4.78 is 0. The Morgan fingerprint density at radius 1 is 1.30 bits per heavy atom. The molecular weight excluding hydrogens is 248 g/mol. The molecule has 0 spiro atoms. The molecule has 1 aromatic carbocycles. The molecule has 1 amide bonds. The van der Waals surface area contributed by atoms with E-state index in [0.717, 1.165) is 38.9 Å². The maximum Gasteiger partial charge on any atom is 0.226 e. The monoisotopic (exact) mass is 272 g/mol. The van der Waals surface area contributed by atoms with Crippen molar-refractivity contribution in [1.29, 1.82) is 0 Å². The second-order valence-electron chi connectivity index (χ2n) is 6.23. The Morgan fingerprint density at radius 2 is 2.10 bits per heavy atom. The van der Waals surface area contributed by atoms with Gasteiger partial charge in [0.05, 0.1) is 0 Å². The minimum absolute atomic E-state index is 0.231. The van der Waals surface area contributed by atoms with Crippen molar-refractivity contribution in [3.05, 3.63) is 35.9 Å². The molecule has 3 rings (SSSR count). The highest BCUT2D eigenvalue weighted by molar-refractivity contribution is 5.83. The highest BCUT2D eigenvalue weighted by Gasteiger charge is 2.46. The molecule has 108 valence electrons. The second kappa shape index (κ2) is 5.96. The third-order valence-corrected chi connectivity index (χ3v) is 4.74. The van der Waals surface area contributed by atoms with Gasteiger partial charge in [0.1, 0.15) is 0 Å². The van der Waals surface area contributed by atoms with Crippen molar-refractivity contribution >= 4 is 5.91 Å². The Hall–Kier alpha value is -1.35. The molecule has 2 N–H and O–H groups in total. The predicted octanol–water partition coefficient (Wildman–Crippen LogP) is 2.38. The third kappa shape index (κ3) is 2.88. The Kier molecular flexibility index (Phi) is 4.06. The Morgan fingerprint density at radius 3 is 2.85 bits per heavy atom. The van der Waals surface area contributed by atoms with E-state index in [1.54, 1.807) is 0 Å². The van der Waals surface area contributed by atoms with Gasteiger partial charge in [-0.3, -0.25) is 4.79 Å². The van der Waals surface area contributed by atoms with Gasteiger partial charge in [-0.15, -0.1) is 0 Å². The van der Waals surface area contributed by atoms with Crippen molar-refractivity contribution < 1.29 is 4.79 Å². The number of hydrogen-bond donors (Lipinski definition) is 1. The Labute approximate surface area is 121 Å². The lowest BCUT2D eigenvalue weighted by Gasteiger charge is -2.33. The fraction of sp³-hybridized carbons (Fsp3) is 0.588. The average Bonchev–Trinajstić information content (AvgIpc) is 3.29. The number of nitrogens with zero attached hydrogens (tertiary/aromatic N) is 1. The number of carbonyl (C=O) groups is 1. The van der Waals surface area contributed by atoms with Crippen LogP contribution in [0.5, 0.6) is 0 Å². The van der Waals surface area contributed by atoms with Crippen LogP contribution in [0.3, 0.4) is 0 Å². The SMILES string of the molecule is NCCC1CCCN(C(=O)C2CC2c2ccccc2)C1. The summed E-state index contributed by atoms with van der Waals surface area (Å²) >= 11 is 0. The van der Waals surface area contributed by atoms with E-state index in [1.165, 1.54) is 12.0 Å². The van der Waals surface area contributed by atoms with Gasteiger partial charge in [-0.1, -0.05) is 30.3 Å². The number of likely N-dealkylation sites (tertiary alicyclic amines) is 1. The molecule has 3 nitrogen and oxygen atoms in total. The minimum atomic E-state index is 0.231. The van der Waals surface area contributed by atoms with Gasteiger partial charge in [0.25, 0.3) is 0 Å². The first-order valence-electron chi connectivity index (χ1n) is 7.83. The number of benzene rings is 1. The highest BCUT2D eigenvalue weighted by Crippen LogP contribution is 2.48. The molecule has 2 fully saturated rings. The van der Waals surface area contributed by atoms with Crippen LogP contribution in [0.4, 0.5) is 0 Å². The molecule has 3 atom stereocenters. The minimum Gasteiger partial charge on any atom is -0.342 e. The Bertz CT molecular complexity index is 457. The van der Waals surface area contributed by atoms with E-state index in [4.69, 9.17) is 5.73 Å². The largest absolute Gasteiger partial charge is 0.342 e. The van der Waals surface area contributed by atoms with E-state index < -0.39 is 0 Å². The van der Waals surface area contributed by atoms with Gasteiger partial charge in [-0.05, 0) is 49.6 Å². The molecule has 1 saturated heterocycles. The molecule has 3 heteroatoms. The summed E-state index contributed by atoms with van der Waals surface area (Å²) in [6.45, 7) is 2.61. The first-order valence-corrected chi connectivity index (χ1v) is 7.83. The zero-order valence-corrected chi connectivity index (χ0v) is 12.0. The van der Waals surface area contributed by atoms with Gasteiger partial charge in [0.15, 0.2) is 0 Å². The van der Waals surface area contributed by atoms with Crippen LogP contribution >= 0.6 is 0 Å². The predicted molar refractivity (Wildman–Crippen MR) is 80.3 cm³/mol. The maximum absolute atomic E-state index is 12.6. The number of amides is 1. The summed E-state index contributed by atoms with van der Waals surface area (Å²) in [5, 5.41) is 0. The molecule has 1 aliphatic carbocycles. The van der Waals surface area contributed by atoms with Crippen LogP contribution in [0.1, 0.15) is 37.2 Å². The van der Waals surface area contributed by atoms with Crippen molar-refractivity contribution in [1.82, 2.24) is 4.90 Å².